The van der Waals surface area contributed by atoms with Gasteiger partial charge in [-0.15, -0.1) is 0 Å². The van der Waals surface area contributed by atoms with Crippen LogP contribution >= 0.6 is 0 Å². The predicted octanol–water partition coefficient (Wildman–Crippen LogP) is 3.86. The van der Waals surface area contributed by atoms with Gasteiger partial charge in [-0.1, -0.05) is 30.3 Å². The van der Waals surface area contributed by atoms with Gasteiger partial charge in [0.2, 0.25) is 0 Å². The number of nitrogens with zero attached hydrogens (tertiary/aromatic N) is 1. The Bertz CT molecular complexity index is 495. The van der Waals surface area contributed by atoms with E-state index in [1.807, 2.05) is 56.3 Å². The first-order chi connectivity index (χ1) is 8.33. The van der Waals surface area contributed by atoms with Gasteiger partial charge in [0.05, 0.1) is 5.41 Å². The van der Waals surface area contributed by atoms with Crippen molar-refractivity contribution in [1.29, 1.82) is 0 Å². The smallest absolute Gasteiger partial charge is 0.193 e. The van der Waals surface area contributed by atoms with E-state index in [2.05, 4.69) is 13.8 Å². The van der Waals surface area contributed by atoms with Crippen LogP contribution in [0.5, 0.6) is 0 Å². The molecule has 0 fully saturated rings. The molecule has 0 radical (unpaired) electrons. The number of hydroxylamine groups is 1. The minimum Gasteiger partial charge on any atom is -0.623 e. The van der Waals surface area contributed by atoms with E-state index < -0.39 is 0 Å². The first-order valence-corrected chi connectivity index (χ1v) is 6.41. The fraction of sp³-hybridized carbons (Fsp3) is 0.438. The Morgan fingerprint density at radius 1 is 1.06 bits per heavy atom. The molecule has 2 rings (SSSR count). The molecule has 1 aliphatic rings. The quantitative estimate of drug-likeness (QED) is 0.572. The lowest BCUT2D eigenvalue weighted by Crippen LogP contribution is -2.28. The molecule has 0 amide bonds. The lowest BCUT2D eigenvalue weighted by atomic mass is 9.81. The Labute approximate surface area is 109 Å². The maximum atomic E-state index is 12.3. The molecule has 0 unspecified atom stereocenters. The second-order valence-corrected chi connectivity index (χ2v) is 6.30. The highest BCUT2D eigenvalue weighted by molar-refractivity contribution is 5.99. The van der Waals surface area contributed by atoms with Crippen molar-refractivity contribution in [3.05, 3.63) is 47.2 Å². The Balaban J connectivity index is 2.33. The molecular weight excluding hydrogens is 222 g/mol. The third-order valence-electron chi connectivity index (χ3n) is 3.57. The molecular formula is C16H21NO. The van der Waals surface area contributed by atoms with E-state index in [0.717, 1.165) is 17.7 Å². The molecule has 0 saturated heterocycles. The molecule has 2 heteroatoms. The average Bonchev–Trinajstić information content (AvgIpc) is 2.43. The lowest BCUT2D eigenvalue weighted by Gasteiger charge is -2.18. The SMILES string of the molecule is CC1(C)CC(C)(C)[N+]([O-])=C1/C=C/c1ccccc1. The van der Waals surface area contributed by atoms with Gasteiger partial charge in [0.25, 0.3) is 0 Å². The van der Waals surface area contributed by atoms with E-state index in [4.69, 9.17) is 0 Å². The third kappa shape index (κ3) is 2.33. The summed E-state index contributed by atoms with van der Waals surface area (Å²) in [5.41, 5.74) is 1.63. The van der Waals surface area contributed by atoms with Gasteiger partial charge in [-0.25, -0.2) is 4.74 Å². The maximum Gasteiger partial charge on any atom is 0.193 e. The van der Waals surface area contributed by atoms with Crippen LogP contribution in [0.2, 0.25) is 0 Å². The van der Waals surface area contributed by atoms with E-state index in [9.17, 15) is 5.21 Å². The maximum absolute atomic E-state index is 12.3. The van der Waals surface area contributed by atoms with Gasteiger partial charge in [0.1, 0.15) is 0 Å². The molecule has 0 aromatic heterocycles. The molecule has 1 aromatic carbocycles. The van der Waals surface area contributed by atoms with Crippen LogP contribution in [0.1, 0.15) is 39.7 Å². The van der Waals surface area contributed by atoms with Gasteiger partial charge < -0.3 is 5.21 Å². The van der Waals surface area contributed by atoms with Gasteiger partial charge >= 0.3 is 0 Å². The molecule has 0 atom stereocenters. The fourth-order valence-corrected chi connectivity index (χ4v) is 2.88. The molecule has 2 nitrogen and oxygen atoms in total. The fourth-order valence-electron chi connectivity index (χ4n) is 2.88. The van der Waals surface area contributed by atoms with E-state index in [-0.39, 0.29) is 11.0 Å². The zero-order chi connectivity index (χ0) is 13.4. The summed E-state index contributed by atoms with van der Waals surface area (Å²) in [6.45, 7) is 8.28. The van der Waals surface area contributed by atoms with Crippen molar-refractivity contribution >= 4 is 11.8 Å². The highest BCUT2D eigenvalue weighted by Crippen LogP contribution is 2.38. The minimum absolute atomic E-state index is 0.0590. The van der Waals surface area contributed by atoms with Gasteiger partial charge in [-0.05, 0) is 25.5 Å². The van der Waals surface area contributed by atoms with Gasteiger partial charge in [0, 0.05) is 26.3 Å². The first-order valence-electron chi connectivity index (χ1n) is 6.41. The number of benzene rings is 1. The number of hydrogen-bond donors (Lipinski definition) is 0. The summed E-state index contributed by atoms with van der Waals surface area (Å²) >= 11 is 0. The van der Waals surface area contributed by atoms with Gasteiger partial charge in [-0.3, -0.25) is 0 Å². The Morgan fingerprint density at radius 2 is 1.67 bits per heavy atom. The summed E-state index contributed by atoms with van der Waals surface area (Å²) in [5.74, 6) is 0. The van der Waals surface area contributed by atoms with Crippen LogP contribution in [0.3, 0.4) is 0 Å². The molecule has 1 heterocycles. The molecule has 1 aromatic rings. The second-order valence-electron chi connectivity index (χ2n) is 6.30. The lowest BCUT2D eigenvalue weighted by molar-refractivity contribution is -0.530. The summed E-state index contributed by atoms with van der Waals surface area (Å²) < 4.78 is 1.17. The normalized spacial score (nSPS) is 21.8. The van der Waals surface area contributed by atoms with Crippen LogP contribution in [0.15, 0.2) is 36.4 Å². The topological polar surface area (TPSA) is 26.1 Å². The average molecular weight is 243 g/mol. The van der Waals surface area contributed by atoms with Crippen LogP contribution in [-0.4, -0.2) is 16.0 Å². The highest BCUT2D eigenvalue weighted by atomic mass is 16.5. The molecule has 0 N–H and O–H groups in total. The van der Waals surface area contributed by atoms with Gasteiger partial charge in [0.15, 0.2) is 11.3 Å². The van der Waals surface area contributed by atoms with Crippen molar-refractivity contribution in [2.45, 2.75) is 39.7 Å². The van der Waals surface area contributed by atoms with Crippen molar-refractivity contribution < 1.29 is 4.74 Å². The molecule has 0 bridgehead atoms. The van der Waals surface area contributed by atoms with Gasteiger partial charge in [-0.2, -0.15) is 0 Å². The zero-order valence-corrected chi connectivity index (χ0v) is 11.6. The van der Waals surface area contributed by atoms with Crippen molar-refractivity contribution in [3.8, 4) is 0 Å². The van der Waals surface area contributed by atoms with Crippen LogP contribution in [-0.2, 0) is 0 Å². The summed E-state index contributed by atoms with van der Waals surface area (Å²) in [4.78, 5) is 0. The third-order valence-corrected chi connectivity index (χ3v) is 3.57. The van der Waals surface area contributed by atoms with Crippen molar-refractivity contribution in [2.24, 2.45) is 5.41 Å². The summed E-state index contributed by atoms with van der Waals surface area (Å²) in [6, 6.07) is 10.1. The number of allylic oxidation sites excluding steroid dienone is 1. The van der Waals surface area contributed by atoms with E-state index in [1.54, 1.807) is 0 Å². The number of rotatable bonds is 2. The molecule has 0 saturated carbocycles. The monoisotopic (exact) mass is 243 g/mol. The van der Waals surface area contributed by atoms with E-state index in [1.165, 1.54) is 4.74 Å². The Kier molecular flexibility index (Phi) is 3.05. The second kappa shape index (κ2) is 4.27. The van der Waals surface area contributed by atoms with Crippen molar-refractivity contribution in [3.63, 3.8) is 0 Å². The van der Waals surface area contributed by atoms with E-state index in [0.29, 0.717) is 0 Å². The Morgan fingerprint density at radius 3 is 2.17 bits per heavy atom. The summed E-state index contributed by atoms with van der Waals surface area (Å²) in [7, 11) is 0. The molecule has 0 aliphatic carbocycles. The molecule has 96 valence electrons. The molecule has 0 spiro atoms. The summed E-state index contributed by atoms with van der Waals surface area (Å²) in [6.07, 6.45) is 4.87. The Hall–Kier alpha value is -1.57. The van der Waals surface area contributed by atoms with Crippen LogP contribution < -0.4 is 0 Å². The van der Waals surface area contributed by atoms with Crippen molar-refractivity contribution in [2.75, 3.05) is 0 Å². The predicted molar refractivity (Wildman–Crippen MR) is 76.6 cm³/mol. The highest BCUT2D eigenvalue weighted by Gasteiger charge is 2.48. The van der Waals surface area contributed by atoms with Crippen LogP contribution in [0.4, 0.5) is 0 Å². The van der Waals surface area contributed by atoms with Crippen LogP contribution in [0.25, 0.3) is 6.08 Å². The number of hydrogen-bond acceptors (Lipinski definition) is 1. The zero-order valence-electron chi connectivity index (χ0n) is 11.6. The van der Waals surface area contributed by atoms with Crippen molar-refractivity contribution in [1.82, 2.24) is 0 Å². The molecule has 1 aliphatic heterocycles. The van der Waals surface area contributed by atoms with E-state index >= 15 is 0 Å². The summed E-state index contributed by atoms with van der Waals surface area (Å²) in [5, 5.41) is 12.3. The first kappa shape index (κ1) is 12.9. The minimum atomic E-state index is -0.306. The largest absolute Gasteiger partial charge is 0.623 e. The standard InChI is InChI=1S/C16H21NO/c1-15(2)12-16(3,4)17(18)14(15)11-10-13-8-6-5-7-9-13/h5-11H,12H2,1-4H3/b11-10+. The van der Waals surface area contributed by atoms with Crippen LogP contribution in [0, 0.1) is 10.6 Å². The molecule has 18 heavy (non-hydrogen) atoms.